The fourth-order valence-corrected chi connectivity index (χ4v) is 3.15. The summed E-state index contributed by atoms with van der Waals surface area (Å²) in [6.45, 7) is 11.0. The number of aliphatic imine (C=N–C) groups is 1. The number of aryl methyl sites for hydroxylation is 1. The van der Waals surface area contributed by atoms with Crippen LogP contribution in [0.5, 0.6) is 0 Å². The average Bonchev–Trinajstić information content (AvgIpc) is 2.87. The highest BCUT2D eigenvalue weighted by Crippen LogP contribution is 2.27. The van der Waals surface area contributed by atoms with Gasteiger partial charge in [0, 0.05) is 4.90 Å². The first-order chi connectivity index (χ1) is 9.29. The van der Waals surface area contributed by atoms with Crippen molar-refractivity contribution in [1.82, 2.24) is 0 Å². The van der Waals surface area contributed by atoms with Crippen molar-refractivity contribution in [2.75, 3.05) is 6.61 Å². The standard InChI is InChI=1S/C16H23NO2S/c1-11-6-8-13(9-7-11)20(18)12(2)15-17-14(10-19-15)16(3,4)5/h6-9,12,14H,10H2,1-5H3/t12?,14-,20-/m1/s1. The number of benzene rings is 1. The van der Waals surface area contributed by atoms with Gasteiger partial charge in [0.1, 0.15) is 11.9 Å². The Kier molecular flexibility index (Phi) is 4.33. The maximum atomic E-state index is 12.5. The van der Waals surface area contributed by atoms with E-state index in [1.54, 1.807) is 0 Å². The fourth-order valence-electron chi connectivity index (χ4n) is 2.03. The summed E-state index contributed by atoms with van der Waals surface area (Å²) in [4.78, 5) is 5.45. The van der Waals surface area contributed by atoms with E-state index in [0.29, 0.717) is 12.5 Å². The van der Waals surface area contributed by atoms with Crippen molar-refractivity contribution < 1.29 is 8.95 Å². The van der Waals surface area contributed by atoms with E-state index in [-0.39, 0.29) is 16.7 Å². The molecule has 0 saturated heterocycles. The summed E-state index contributed by atoms with van der Waals surface area (Å²) in [6.07, 6.45) is 0. The molecule has 0 spiro atoms. The Morgan fingerprint density at radius 1 is 1.30 bits per heavy atom. The molecule has 0 aliphatic carbocycles. The van der Waals surface area contributed by atoms with Gasteiger partial charge in [-0.05, 0) is 31.4 Å². The highest BCUT2D eigenvalue weighted by atomic mass is 32.2. The van der Waals surface area contributed by atoms with Gasteiger partial charge in [0.15, 0.2) is 5.90 Å². The van der Waals surface area contributed by atoms with E-state index in [0.717, 1.165) is 4.90 Å². The molecule has 0 amide bonds. The smallest absolute Gasteiger partial charge is 0.199 e. The van der Waals surface area contributed by atoms with Gasteiger partial charge >= 0.3 is 0 Å². The van der Waals surface area contributed by atoms with Crippen LogP contribution in [0.25, 0.3) is 0 Å². The quantitative estimate of drug-likeness (QED) is 0.857. The summed E-state index contributed by atoms with van der Waals surface area (Å²) in [5, 5.41) is -0.204. The lowest BCUT2D eigenvalue weighted by Gasteiger charge is -2.21. The lowest BCUT2D eigenvalue weighted by molar-refractivity contribution is 0.233. The Labute approximate surface area is 123 Å². The van der Waals surface area contributed by atoms with Gasteiger partial charge in [0.05, 0.1) is 16.8 Å². The van der Waals surface area contributed by atoms with Gasteiger partial charge < -0.3 is 4.74 Å². The van der Waals surface area contributed by atoms with Crippen LogP contribution in [0.4, 0.5) is 0 Å². The molecule has 2 rings (SSSR count). The zero-order chi connectivity index (χ0) is 14.9. The fraction of sp³-hybridized carbons (Fsp3) is 0.562. The van der Waals surface area contributed by atoms with Crippen LogP contribution in [0.1, 0.15) is 33.3 Å². The third-order valence-electron chi connectivity index (χ3n) is 3.59. The van der Waals surface area contributed by atoms with Crippen LogP contribution in [0.15, 0.2) is 34.2 Å². The molecule has 3 nitrogen and oxygen atoms in total. The van der Waals surface area contributed by atoms with Crippen molar-refractivity contribution in [2.24, 2.45) is 10.4 Å². The maximum Gasteiger partial charge on any atom is 0.199 e. The van der Waals surface area contributed by atoms with E-state index < -0.39 is 10.8 Å². The monoisotopic (exact) mass is 293 g/mol. The minimum atomic E-state index is -1.12. The van der Waals surface area contributed by atoms with Crippen molar-refractivity contribution in [2.45, 2.75) is 50.8 Å². The molecule has 1 aromatic carbocycles. The molecule has 110 valence electrons. The predicted molar refractivity (Wildman–Crippen MR) is 83.7 cm³/mol. The Hall–Kier alpha value is -1.16. The van der Waals surface area contributed by atoms with Crippen LogP contribution in [-0.2, 0) is 15.5 Å². The molecule has 0 fully saturated rings. The number of nitrogens with zero attached hydrogens (tertiary/aromatic N) is 1. The van der Waals surface area contributed by atoms with Gasteiger partial charge in [0.25, 0.3) is 0 Å². The molecule has 0 aromatic heterocycles. The van der Waals surface area contributed by atoms with Gasteiger partial charge in [-0.15, -0.1) is 0 Å². The van der Waals surface area contributed by atoms with E-state index in [1.807, 2.05) is 38.1 Å². The molecule has 20 heavy (non-hydrogen) atoms. The summed E-state index contributed by atoms with van der Waals surface area (Å²) >= 11 is 0. The van der Waals surface area contributed by atoms with E-state index in [1.165, 1.54) is 5.56 Å². The van der Waals surface area contributed by atoms with Gasteiger partial charge in [0.2, 0.25) is 0 Å². The molecule has 0 N–H and O–H groups in total. The highest BCUT2D eigenvalue weighted by molar-refractivity contribution is 7.86. The van der Waals surface area contributed by atoms with Crippen LogP contribution in [0.2, 0.25) is 0 Å². The third kappa shape index (κ3) is 3.29. The average molecular weight is 293 g/mol. The van der Waals surface area contributed by atoms with Crippen molar-refractivity contribution >= 4 is 16.7 Å². The van der Waals surface area contributed by atoms with E-state index in [2.05, 4.69) is 25.8 Å². The third-order valence-corrected chi connectivity index (χ3v) is 5.17. The molecule has 1 aromatic rings. The van der Waals surface area contributed by atoms with E-state index in [9.17, 15) is 4.21 Å². The number of rotatable bonds is 3. The molecule has 1 unspecified atom stereocenters. The second kappa shape index (κ2) is 5.68. The molecular weight excluding hydrogens is 270 g/mol. The normalized spacial score (nSPS) is 22.1. The Morgan fingerprint density at radius 2 is 1.90 bits per heavy atom. The minimum Gasteiger partial charge on any atom is -0.478 e. The first kappa shape index (κ1) is 15.2. The first-order valence-corrected chi connectivity index (χ1v) is 8.18. The molecule has 3 atom stereocenters. The summed E-state index contributed by atoms with van der Waals surface area (Å²) in [6, 6.07) is 7.94. The molecule has 4 heteroatoms. The molecule has 0 bridgehead atoms. The summed E-state index contributed by atoms with van der Waals surface area (Å²) in [7, 11) is -1.12. The number of ether oxygens (including phenoxy) is 1. The minimum absolute atomic E-state index is 0.0762. The maximum absolute atomic E-state index is 12.5. The van der Waals surface area contributed by atoms with Crippen LogP contribution >= 0.6 is 0 Å². The summed E-state index contributed by atoms with van der Waals surface area (Å²) in [5.41, 5.74) is 1.24. The molecule has 0 radical (unpaired) electrons. The van der Waals surface area contributed by atoms with Crippen LogP contribution in [0.3, 0.4) is 0 Å². The van der Waals surface area contributed by atoms with Gasteiger partial charge in [-0.25, -0.2) is 4.99 Å². The molecule has 1 aliphatic heterocycles. The summed E-state index contributed by atoms with van der Waals surface area (Å²) in [5.74, 6) is 0.629. The Morgan fingerprint density at radius 3 is 2.40 bits per heavy atom. The van der Waals surface area contributed by atoms with Crippen molar-refractivity contribution in [3.8, 4) is 0 Å². The van der Waals surface area contributed by atoms with Crippen molar-refractivity contribution in [1.29, 1.82) is 0 Å². The topological polar surface area (TPSA) is 38.7 Å². The molecular formula is C16H23NO2S. The van der Waals surface area contributed by atoms with E-state index in [4.69, 9.17) is 4.74 Å². The SMILES string of the molecule is Cc1ccc([S@](=O)C(C)C2=N[C@@H](C(C)(C)C)CO2)cc1. The summed E-state index contributed by atoms with van der Waals surface area (Å²) < 4.78 is 18.2. The lowest BCUT2D eigenvalue weighted by atomic mass is 9.88. The Bertz CT molecular complexity index is 528. The predicted octanol–water partition coefficient (Wildman–Crippen LogP) is 3.33. The van der Waals surface area contributed by atoms with Crippen molar-refractivity contribution in [3.63, 3.8) is 0 Å². The molecule has 1 heterocycles. The second-order valence-corrected chi connectivity index (χ2v) is 8.19. The van der Waals surface area contributed by atoms with Crippen LogP contribution in [0, 0.1) is 12.3 Å². The van der Waals surface area contributed by atoms with Gasteiger partial charge in [-0.2, -0.15) is 0 Å². The lowest BCUT2D eigenvalue weighted by Crippen LogP contribution is -2.25. The number of hydrogen-bond acceptors (Lipinski definition) is 3. The van der Waals surface area contributed by atoms with Gasteiger partial charge in [-0.1, -0.05) is 38.5 Å². The van der Waals surface area contributed by atoms with E-state index >= 15 is 0 Å². The van der Waals surface area contributed by atoms with Crippen LogP contribution < -0.4 is 0 Å². The zero-order valence-corrected chi connectivity index (χ0v) is 13.7. The highest BCUT2D eigenvalue weighted by Gasteiger charge is 2.33. The van der Waals surface area contributed by atoms with Crippen LogP contribution in [-0.4, -0.2) is 28.0 Å². The largest absolute Gasteiger partial charge is 0.478 e. The van der Waals surface area contributed by atoms with Gasteiger partial charge in [-0.3, -0.25) is 4.21 Å². The second-order valence-electron chi connectivity index (χ2n) is 6.41. The Balaban J connectivity index is 2.14. The molecule has 0 saturated carbocycles. The number of hydrogen-bond donors (Lipinski definition) is 0. The molecule has 1 aliphatic rings. The zero-order valence-electron chi connectivity index (χ0n) is 12.8. The van der Waals surface area contributed by atoms with Crippen molar-refractivity contribution in [3.05, 3.63) is 29.8 Å². The first-order valence-electron chi connectivity index (χ1n) is 6.97.